The van der Waals surface area contributed by atoms with Gasteiger partial charge in [0, 0.05) is 18.7 Å². The monoisotopic (exact) mass is 231 g/mol. The molecule has 1 atom stereocenters. The summed E-state index contributed by atoms with van der Waals surface area (Å²) in [6, 6.07) is 6.00. The zero-order valence-electron chi connectivity index (χ0n) is 10.9. The van der Waals surface area contributed by atoms with Crippen LogP contribution in [-0.4, -0.2) is 9.55 Å². The molecule has 2 N–H and O–H groups in total. The van der Waals surface area contributed by atoms with E-state index in [1.165, 1.54) is 11.9 Å². The molecule has 2 rings (SSSR count). The Bertz CT molecular complexity index is 513. The van der Waals surface area contributed by atoms with Gasteiger partial charge in [-0.05, 0) is 24.1 Å². The van der Waals surface area contributed by atoms with Crippen molar-refractivity contribution in [2.75, 3.05) is 5.73 Å². The van der Waals surface area contributed by atoms with Gasteiger partial charge < -0.3 is 10.3 Å². The van der Waals surface area contributed by atoms with Crippen LogP contribution in [0.5, 0.6) is 0 Å². The Labute approximate surface area is 103 Å². The maximum Gasteiger partial charge on any atom is 0.109 e. The highest BCUT2D eigenvalue weighted by atomic mass is 15.1. The van der Waals surface area contributed by atoms with Crippen molar-refractivity contribution in [2.45, 2.75) is 40.2 Å². The van der Waals surface area contributed by atoms with Crippen LogP contribution in [0, 0.1) is 5.92 Å². The van der Waals surface area contributed by atoms with Gasteiger partial charge in [-0.15, -0.1) is 0 Å². The molecule has 0 saturated carbocycles. The number of benzene rings is 1. The van der Waals surface area contributed by atoms with Gasteiger partial charge >= 0.3 is 0 Å². The molecule has 17 heavy (non-hydrogen) atoms. The van der Waals surface area contributed by atoms with E-state index < -0.39 is 0 Å². The molecule has 0 spiro atoms. The predicted molar refractivity (Wildman–Crippen MR) is 73.0 cm³/mol. The normalized spacial score (nSPS) is 13.1. The highest BCUT2D eigenvalue weighted by Gasteiger charge is 2.11. The van der Waals surface area contributed by atoms with Gasteiger partial charge in [0.2, 0.25) is 0 Å². The second kappa shape index (κ2) is 4.78. The molecule has 3 nitrogen and oxygen atoms in total. The Hall–Kier alpha value is -1.51. The van der Waals surface area contributed by atoms with E-state index >= 15 is 0 Å². The first-order chi connectivity index (χ1) is 8.15. The minimum absolute atomic E-state index is 0.676. The number of nitrogens with two attached hydrogens (primary N) is 1. The number of nitrogens with zero attached hydrogens (tertiary/aromatic N) is 2. The van der Waals surface area contributed by atoms with Crippen LogP contribution in [0.15, 0.2) is 18.2 Å². The highest BCUT2D eigenvalue weighted by molar-refractivity contribution is 5.79. The van der Waals surface area contributed by atoms with Crippen LogP contribution in [0.2, 0.25) is 0 Å². The van der Waals surface area contributed by atoms with Crippen LogP contribution in [-0.2, 0) is 13.0 Å². The van der Waals surface area contributed by atoms with Gasteiger partial charge in [-0.25, -0.2) is 4.98 Å². The van der Waals surface area contributed by atoms with Gasteiger partial charge in [0.1, 0.15) is 5.82 Å². The lowest BCUT2D eigenvalue weighted by Crippen LogP contribution is -2.09. The van der Waals surface area contributed by atoms with Crippen molar-refractivity contribution in [3.63, 3.8) is 0 Å². The fourth-order valence-electron chi connectivity index (χ4n) is 2.11. The van der Waals surface area contributed by atoms with Gasteiger partial charge in [0.25, 0.3) is 0 Å². The molecule has 0 radical (unpaired) electrons. The first kappa shape index (κ1) is 12.0. The fourth-order valence-corrected chi connectivity index (χ4v) is 2.11. The number of aryl methyl sites for hydroxylation is 1. The Morgan fingerprint density at radius 2 is 2.12 bits per heavy atom. The summed E-state index contributed by atoms with van der Waals surface area (Å²) in [4.78, 5) is 4.66. The van der Waals surface area contributed by atoms with Crippen LogP contribution in [0.1, 0.15) is 33.0 Å². The van der Waals surface area contributed by atoms with Crippen molar-refractivity contribution < 1.29 is 0 Å². The summed E-state index contributed by atoms with van der Waals surface area (Å²) in [6.45, 7) is 7.70. The Kier molecular flexibility index (Phi) is 3.36. The van der Waals surface area contributed by atoms with Crippen molar-refractivity contribution >= 4 is 16.7 Å². The zero-order valence-corrected chi connectivity index (χ0v) is 10.9. The topological polar surface area (TPSA) is 43.8 Å². The summed E-state index contributed by atoms with van der Waals surface area (Å²) >= 11 is 0. The number of anilines is 1. The molecule has 2 aromatic rings. The SMILES string of the molecule is CCc1nc2cc(N)ccc2n1CC(C)CC. The lowest BCUT2D eigenvalue weighted by Gasteiger charge is -2.13. The zero-order chi connectivity index (χ0) is 12.4. The first-order valence-corrected chi connectivity index (χ1v) is 6.40. The van der Waals surface area contributed by atoms with Gasteiger partial charge in [-0.3, -0.25) is 0 Å². The molecule has 1 aromatic heterocycles. The maximum absolute atomic E-state index is 5.80. The second-order valence-electron chi connectivity index (χ2n) is 4.75. The lowest BCUT2D eigenvalue weighted by atomic mass is 10.1. The molecule has 0 bridgehead atoms. The molecule has 92 valence electrons. The molecule has 0 aliphatic heterocycles. The third-order valence-corrected chi connectivity index (χ3v) is 3.36. The molecule has 0 fully saturated rings. The molecule has 1 heterocycles. The number of aromatic nitrogens is 2. The Morgan fingerprint density at radius 3 is 2.76 bits per heavy atom. The third-order valence-electron chi connectivity index (χ3n) is 3.36. The van der Waals surface area contributed by atoms with E-state index in [9.17, 15) is 0 Å². The smallest absolute Gasteiger partial charge is 0.109 e. The van der Waals surface area contributed by atoms with Crippen molar-refractivity contribution in [1.29, 1.82) is 0 Å². The number of fused-ring (bicyclic) bond motifs is 1. The van der Waals surface area contributed by atoms with E-state index in [1.807, 2.05) is 12.1 Å². The van der Waals surface area contributed by atoms with E-state index in [1.54, 1.807) is 0 Å². The summed E-state index contributed by atoms with van der Waals surface area (Å²) < 4.78 is 2.34. The quantitative estimate of drug-likeness (QED) is 0.821. The number of hydrogen-bond acceptors (Lipinski definition) is 2. The minimum Gasteiger partial charge on any atom is -0.399 e. The van der Waals surface area contributed by atoms with Gasteiger partial charge in [0.15, 0.2) is 0 Å². The molecule has 1 aromatic carbocycles. The first-order valence-electron chi connectivity index (χ1n) is 6.40. The van der Waals surface area contributed by atoms with Crippen LogP contribution in [0.4, 0.5) is 5.69 Å². The van der Waals surface area contributed by atoms with Gasteiger partial charge in [-0.1, -0.05) is 27.2 Å². The molecular formula is C14H21N3. The van der Waals surface area contributed by atoms with Crippen LogP contribution in [0.3, 0.4) is 0 Å². The molecule has 3 heteroatoms. The number of hydrogen-bond donors (Lipinski definition) is 1. The largest absolute Gasteiger partial charge is 0.399 e. The predicted octanol–water partition coefficient (Wildman–Crippen LogP) is 3.23. The summed E-state index contributed by atoms with van der Waals surface area (Å²) in [5.74, 6) is 1.83. The van der Waals surface area contributed by atoms with Crippen molar-refractivity contribution in [1.82, 2.24) is 9.55 Å². The van der Waals surface area contributed by atoms with E-state index in [-0.39, 0.29) is 0 Å². The van der Waals surface area contributed by atoms with E-state index in [0.29, 0.717) is 5.92 Å². The summed E-state index contributed by atoms with van der Waals surface area (Å²) in [5.41, 5.74) is 8.81. The standard InChI is InChI=1S/C14H21N3/c1-4-10(3)9-17-13-7-6-11(15)8-12(13)16-14(17)5-2/h6-8,10H,4-5,9,15H2,1-3H3. The Morgan fingerprint density at radius 1 is 1.35 bits per heavy atom. The maximum atomic E-state index is 5.80. The second-order valence-corrected chi connectivity index (χ2v) is 4.75. The Balaban J connectivity index is 2.50. The number of imidazole rings is 1. The summed E-state index contributed by atoms with van der Waals surface area (Å²) in [5, 5.41) is 0. The number of nitrogen functional groups attached to an aromatic ring is 1. The highest BCUT2D eigenvalue weighted by Crippen LogP contribution is 2.21. The van der Waals surface area contributed by atoms with Crippen LogP contribution in [0.25, 0.3) is 11.0 Å². The summed E-state index contributed by atoms with van der Waals surface area (Å²) in [7, 11) is 0. The van der Waals surface area contributed by atoms with Gasteiger partial charge in [-0.2, -0.15) is 0 Å². The van der Waals surface area contributed by atoms with Gasteiger partial charge in [0.05, 0.1) is 11.0 Å². The van der Waals surface area contributed by atoms with E-state index in [0.717, 1.165) is 30.0 Å². The molecule has 0 amide bonds. The fraction of sp³-hybridized carbons (Fsp3) is 0.500. The lowest BCUT2D eigenvalue weighted by molar-refractivity contribution is 0.466. The van der Waals surface area contributed by atoms with E-state index in [4.69, 9.17) is 5.73 Å². The van der Waals surface area contributed by atoms with Crippen molar-refractivity contribution in [3.05, 3.63) is 24.0 Å². The molecular weight excluding hydrogens is 210 g/mol. The van der Waals surface area contributed by atoms with Crippen molar-refractivity contribution in [2.24, 2.45) is 5.92 Å². The average Bonchev–Trinajstić information content (AvgIpc) is 2.66. The van der Waals surface area contributed by atoms with Crippen molar-refractivity contribution in [3.8, 4) is 0 Å². The summed E-state index contributed by atoms with van der Waals surface area (Å²) in [6.07, 6.45) is 2.16. The molecule has 0 aliphatic rings. The van der Waals surface area contributed by atoms with E-state index in [2.05, 4.69) is 36.4 Å². The average molecular weight is 231 g/mol. The molecule has 0 aliphatic carbocycles. The molecule has 0 saturated heterocycles. The third kappa shape index (κ3) is 2.28. The number of rotatable bonds is 4. The molecule has 1 unspecified atom stereocenters. The van der Waals surface area contributed by atoms with Crippen LogP contribution >= 0.6 is 0 Å². The minimum atomic E-state index is 0.676. The van der Waals surface area contributed by atoms with Crippen LogP contribution < -0.4 is 5.73 Å².